The molecule has 54 heavy (non-hydrogen) atoms. The van der Waals surface area contributed by atoms with Gasteiger partial charge in [0, 0.05) is 12.8 Å². The van der Waals surface area contributed by atoms with E-state index in [9.17, 15) is 29.4 Å². The standard InChI is InChI=1S/C44H68N2O8/c1-25(2)23-53-39(51)33(21-27-17-29(41(5,6)7)35(47)30(18-27)42(8,9)10)45-37(49)38(50)46-34(40(52)54-24-26(3)4)22-28-19-31(43(11,12)13)36(48)32(20-28)44(14,15)16/h17-20,25-26,33-34,47-48H,21-24H2,1-16H3,(H,45,49)(H,46,50). The van der Waals surface area contributed by atoms with Crippen LogP contribution < -0.4 is 10.6 Å². The number of rotatable bonds is 12. The molecule has 0 aliphatic heterocycles. The van der Waals surface area contributed by atoms with Crippen molar-refractivity contribution >= 4 is 23.8 Å². The summed E-state index contributed by atoms with van der Waals surface area (Å²) in [5.41, 5.74) is 2.33. The van der Waals surface area contributed by atoms with E-state index in [1.165, 1.54) is 0 Å². The van der Waals surface area contributed by atoms with Crippen LogP contribution in [-0.4, -0.2) is 59.3 Å². The second-order valence-corrected chi connectivity index (χ2v) is 19.6. The van der Waals surface area contributed by atoms with Crippen molar-refractivity contribution in [1.29, 1.82) is 0 Å². The van der Waals surface area contributed by atoms with Crippen molar-refractivity contribution in [3.8, 4) is 11.5 Å². The number of phenolic OH excluding ortho intramolecular Hbond substituents is 2. The van der Waals surface area contributed by atoms with E-state index in [0.29, 0.717) is 33.4 Å². The summed E-state index contributed by atoms with van der Waals surface area (Å²) in [6.45, 7) is 31.5. The average molecular weight is 753 g/mol. The normalized spacial score (nSPS) is 13.7. The monoisotopic (exact) mass is 752 g/mol. The number of hydrogen-bond donors (Lipinski definition) is 4. The molecule has 0 aromatic heterocycles. The molecule has 2 rings (SSSR count). The number of nitrogens with one attached hydrogen (secondary N) is 2. The SMILES string of the molecule is CC(C)COC(=O)C(Cc1cc(C(C)(C)C)c(O)c(C(C)(C)C)c1)NC(=O)C(=O)NC(Cc1cc(C(C)(C)C)c(O)c(C(C)(C)C)c1)C(=O)OCC(C)C. The van der Waals surface area contributed by atoms with Gasteiger partial charge in [-0.3, -0.25) is 9.59 Å². The molecule has 2 aromatic rings. The molecule has 2 atom stereocenters. The Kier molecular flexibility index (Phi) is 15.0. The van der Waals surface area contributed by atoms with Crippen molar-refractivity contribution in [3.63, 3.8) is 0 Å². The van der Waals surface area contributed by atoms with Gasteiger partial charge in [0.15, 0.2) is 0 Å². The van der Waals surface area contributed by atoms with Crippen LogP contribution in [0.25, 0.3) is 0 Å². The predicted molar refractivity (Wildman–Crippen MR) is 214 cm³/mol. The maximum Gasteiger partial charge on any atom is 0.329 e. The molecule has 0 saturated carbocycles. The first-order chi connectivity index (χ1) is 24.4. The topological polar surface area (TPSA) is 151 Å². The minimum atomic E-state index is -1.25. The number of esters is 2. The van der Waals surface area contributed by atoms with E-state index in [-0.39, 0.29) is 49.4 Å². The van der Waals surface area contributed by atoms with Crippen LogP contribution in [0.2, 0.25) is 0 Å². The van der Waals surface area contributed by atoms with Gasteiger partial charge in [-0.05, 0) is 66.9 Å². The van der Waals surface area contributed by atoms with Gasteiger partial charge >= 0.3 is 23.8 Å². The molecule has 0 aliphatic rings. The third-order valence-corrected chi connectivity index (χ3v) is 8.95. The Morgan fingerprint density at radius 3 is 0.963 bits per heavy atom. The molecule has 0 bridgehead atoms. The molecule has 2 aromatic carbocycles. The minimum absolute atomic E-state index is 0.0130. The van der Waals surface area contributed by atoms with Crippen molar-refractivity contribution in [3.05, 3.63) is 57.6 Å². The molecule has 0 radical (unpaired) electrons. The van der Waals surface area contributed by atoms with Gasteiger partial charge in [-0.25, -0.2) is 9.59 Å². The van der Waals surface area contributed by atoms with Crippen molar-refractivity contribution in [1.82, 2.24) is 10.6 Å². The Morgan fingerprint density at radius 2 is 0.759 bits per heavy atom. The molecule has 2 unspecified atom stereocenters. The number of phenols is 2. The number of benzene rings is 2. The molecular weight excluding hydrogens is 684 g/mol. The fourth-order valence-electron chi connectivity index (χ4n) is 5.92. The van der Waals surface area contributed by atoms with Crippen molar-refractivity contribution in [2.45, 2.75) is 157 Å². The summed E-state index contributed by atoms with van der Waals surface area (Å²) in [5.74, 6) is -3.27. The van der Waals surface area contributed by atoms with Crippen LogP contribution in [0.4, 0.5) is 0 Å². The van der Waals surface area contributed by atoms with Crippen LogP contribution in [0, 0.1) is 11.8 Å². The second kappa shape index (κ2) is 17.6. The van der Waals surface area contributed by atoms with Crippen LogP contribution in [0.1, 0.15) is 144 Å². The van der Waals surface area contributed by atoms with Crippen LogP contribution in [0.3, 0.4) is 0 Å². The van der Waals surface area contributed by atoms with Gasteiger partial charge in [0.2, 0.25) is 0 Å². The number of carbonyl (C=O) groups is 4. The molecule has 0 spiro atoms. The van der Waals surface area contributed by atoms with E-state index in [0.717, 1.165) is 0 Å². The van der Waals surface area contributed by atoms with Gasteiger partial charge in [0.1, 0.15) is 23.6 Å². The molecule has 0 fully saturated rings. The minimum Gasteiger partial charge on any atom is -0.507 e. The Labute approximate surface area is 324 Å². The molecule has 10 heteroatoms. The smallest absolute Gasteiger partial charge is 0.329 e. The zero-order valence-electron chi connectivity index (χ0n) is 35.8. The van der Waals surface area contributed by atoms with E-state index in [2.05, 4.69) is 10.6 Å². The highest BCUT2D eigenvalue weighted by Crippen LogP contribution is 2.41. The molecule has 2 amide bonds. The van der Waals surface area contributed by atoms with E-state index >= 15 is 0 Å². The number of carbonyl (C=O) groups excluding carboxylic acids is 4. The highest BCUT2D eigenvalue weighted by atomic mass is 16.5. The maximum absolute atomic E-state index is 13.6. The quantitative estimate of drug-likeness (QED) is 0.129. The summed E-state index contributed by atoms with van der Waals surface area (Å²) < 4.78 is 11.1. The number of hydrogen-bond acceptors (Lipinski definition) is 8. The Balaban J connectivity index is 2.56. The number of amides is 2. The van der Waals surface area contributed by atoms with Gasteiger partial charge in [-0.15, -0.1) is 0 Å². The summed E-state index contributed by atoms with van der Waals surface area (Å²) >= 11 is 0. The Hall–Kier alpha value is -4.08. The van der Waals surface area contributed by atoms with E-state index in [4.69, 9.17) is 9.47 Å². The lowest BCUT2D eigenvalue weighted by Crippen LogP contribution is -2.53. The molecule has 0 saturated heterocycles. The maximum atomic E-state index is 13.6. The lowest BCUT2D eigenvalue weighted by molar-refractivity contribution is -0.152. The zero-order valence-corrected chi connectivity index (χ0v) is 35.8. The summed E-state index contributed by atoms with van der Waals surface area (Å²) in [6.07, 6.45) is -0.0260. The summed E-state index contributed by atoms with van der Waals surface area (Å²) in [4.78, 5) is 54.3. The third kappa shape index (κ3) is 13.0. The molecule has 4 N–H and O–H groups in total. The van der Waals surface area contributed by atoms with Gasteiger partial charge in [-0.2, -0.15) is 0 Å². The molecular formula is C44H68N2O8. The van der Waals surface area contributed by atoms with Crippen molar-refractivity contribution in [2.24, 2.45) is 11.8 Å². The summed E-state index contributed by atoms with van der Waals surface area (Å²) in [6, 6.07) is 4.76. The van der Waals surface area contributed by atoms with Crippen LogP contribution in [0.15, 0.2) is 24.3 Å². The predicted octanol–water partition coefficient (Wildman–Crippen LogP) is 7.44. The van der Waals surface area contributed by atoms with Gasteiger partial charge in [0.25, 0.3) is 0 Å². The summed E-state index contributed by atoms with van der Waals surface area (Å²) in [7, 11) is 0. The Bertz CT molecular complexity index is 1470. The fraction of sp³-hybridized carbons (Fsp3) is 0.636. The molecule has 0 heterocycles. The molecule has 0 aliphatic carbocycles. The van der Waals surface area contributed by atoms with E-state index in [1.807, 2.05) is 135 Å². The van der Waals surface area contributed by atoms with Gasteiger partial charge < -0.3 is 30.3 Å². The first-order valence-corrected chi connectivity index (χ1v) is 19.1. The fourth-order valence-corrected chi connectivity index (χ4v) is 5.92. The van der Waals surface area contributed by atoms with Gasteiger partial charge in [-0.1, -0.05) is 135 Å². The highest BCUT2D eigenvalue weighted by molar-refractivity contribution is 6.35. The van der Waals surface area contributed by atoms with Crippen molar-refractivity contribution in [2.75, 3.05) is 13.2 Å². The van der Waals surface area contributed by atoms with E-state index < -0.39 is 57.5 Å². The first kappa shape index (κ1) is 46.1. The second-order valence-electron chi connectivity index (χ2n) is 19.6. The van der Waals surface area contributed by atoms with Gasteiger partial charge in [0.05, 0.1) is 13.2 Å². The van der Waals surface area contributed by atoms with E-state index in [1.54, 1.807) is 0 Å². The lowest BCUT2D eigenvalue weighted by Gasteiger charge is -2.29. The summed E-state index contributed by atoms with van der Waals surface area (Å²) in [5, 5.41) is 27.6. The number of ether oxygens (including phenoxy) is 2. The van der Waals surface area contributed by atoms with Crippen LogP contribution in [-0.2, 0) is 63.2 Å². The van der Waals surface area contributed by atoms with Crippen LogP contribution >= 0.6 is 0 Å². The van der Waals surface area contributed by atoms with Crippen LogP contribution in [0.5, 0.6) is 11.5 Å². The highest BCUT2D eigenvalue weighted by Gasteiger charge is 2.33. The third-order valence-electron chi connectivity index (χ3n) is 8.95. The lowest BCUT2D eigenvalue weighted by atomic mass is 9.78. The van der Waals surface area contributed by atoms with Crippen molar-refractivity contribution < 1.29 is 38.9 Å². The average Bonchev–Trinajstić information content (AvgIpc) is 3.00. The molecule has 302 valence electrons. The molecule has 10 nitrogen and oxygen atoms in total. The first-order valence-electron chi connectivity index (χ1n) is 19.1. The largest absolute Gasteiger partial charge is 0.507 e. The zero-order chi connectivity index (χ0) is 41.7. The Morgan fingerprint density at radius 1 is 0.519 bits per heavy atom. The number of aromatic hydroxyl groups is 2.